The first-order valence-electron chi connectivity index (χ1n) is 11.1. The van der Waals surface area contributed by atoms with E-state index in [-0.39, 0.29) is 6.10 Å². The van der Waals surface area contributed by atoms with Gasteiger partial charge in [0.1, 0.15) is 5.82 Å². The third-order valence-electron chi connectivity index (χ3n) is 5.49. The number of para-hydroxylation sites is 1. The Hall–Kier alpha value is -4.03. The number of aromatic nitrogens is 4. The van der Waals surface area contributed by atoms with Crippen LogP contribution in [-0.2, 0) is 11.3 Å². The fourth-order valence-electron chi connectivity index (χ4n) is 3.77. The van der Waals surface area contributed by atoms with E-state index < -0.39 is 0 Å². The zero-order chi connectivity index (χ0) is 22.5. The van der Waals surface area contributed by atoms with Gasteiger partial charge in [-0.05, 0) is 24.1 Å². The number of anilines is 2. The predicted molar refractivity (Wildman–Crippen MR) is 131 cm³/mol. The average molecular weight is 436 g/mol. The molecule has 0 radical (unpaired) electrons. The molecule has 0 fully saturated rings. The van der Waals surface area contributed by atoms with Crippen LogP contribution in [0.4, 0.5) is 11.6 Å². The van der Waals surface area contributed by atoms with Crippen LogP contribution in [0, 0.1) is 0 Å². The van der Waals surface area contributed by atoms with E-state index in [1.165, 1.54) is 0 Å². The molecule has 2 aromatic heterocycles. The second kappa shape index (κ2) is 9.63. The number of rotatable bonds is 8. The van der Waals surface area contributed by atoms with Crippen LogP contribution < -0.4 is 5.32 Å². The molecule has 6 nitrogen and oxygen atoms in total. The molecule has 2 heterocycles. The van der Waals surface area contributed by atoms with E-state index >= 15 is 0 Å². The van der Waals surface area contributed by atoms with Gasteiger partial charge in [0.2, 0.25) is 0 Å². The Morgan fingerprint density at radius 2 is 1.61 bits per heavy atom. The highest BCUT2D eigenvalue weighted by Gasteiger charge is 2.15. The Morgan fingerprint density at radius 3 is 2.39 bits per heavy atom. The molecule has 2 N–H and O–H groups in total. The van der Waals surface area contributed by atoms with Crippen LogP contribution in [0.15, 0.2) is 91.0 Å². The SMILES string of the molecule is CCC(OCc1ccccc1)c1cc(Nc2nc(-c3ccccc3)nc3ccccc23)n[nH]1. The molecule has 6 heteroatoms. The van der Waals surface area contributed by atoms with Crippen molar-refractivity contribution in [3.05, 3.63) is 102 Å². The maximum absolute atomic E-state index is 6.15. The topological polar surface area (TPSA) is 75.7 Å². The summed E-state index contributed by atoms with van der Waals surface area (Å²) in [6, 6.07) is 30.1. The van der Waals surface area contributed by atoms with Crippen molar-refractivity contribution in [1.82, 2.24) is 20.2 Å². The summed E-state index contributed by atoms with van der Waals surface area (Å²) in [6.07, 6.45) is 0.763. The van der Waals surface area contributed by atoms with Crippen LogP contribution in [0.1, 0.15) is 30.7 Å². The molecule has 0 saturated carbocycles. The van der Waals surface area contributed by atoms with Gasteiger partial charge in [0, 0.05) is 17.0 Å². The molecule has 0 saturated heterocycles. The molecule has 33 heavy (non-hydrogen) atoms. The molecule has 0 spiro atoms. The van der Waals surface area contributed by atoms with E-state index in [1.807, 2.05) is 78.9 Å². The number of H-pyrrole nitrogens is 1. The van der Waals surface area contributed by atoms with E-state index in [1.54, 1.807) is 0 Å². The molecule has 0 amide bonds. The van der Waals surface area contributed by atoms with Crippen molar-refractivity contribution < 1.29 is 4.74 Å². The van der Waals surface area contributed by atoms with Gasteiger partial charge < -0.3 is 10.1 Å². The minimum Gasteiger partial charge on any atom is -0.367 e. The normalized spacial score (nSPS) is 12.0. The zero-order valence-corrected chi connectivity index (χ0v) is 18.4. The van der Waals surface area contributed by atoms with E-state index in [0.29, 0.717) is 18.2 Å². The molecule has 0 bridgehead atoms. The lowest BCUT2D eigenvalue weighted by Gasteiger charge is -2.14. The molecule has 0 aliphatic heterocycles. The van der Waals surface area contributed by atoms with Crippen LogP contribution in [0.5, 0.6) is 0 Å². The molecule has 0 aliphatic carbocycles. The summed E-state index contributed by atoms with van der Waals surface area (Å²) in [5.74, 6) is 2.08. The molecule has 0 aliphatic rings. The highest BCUT2D eigenvalue weighted by molar-refractivity contribution is 5.91. The van der Waals surface area contributed by atoms with Gasteiger partial charge >= 0.3 is 0 Å². The second-order valence-corrected chi connectivity index (χ2v) is 7.81. The number of hydrogen-bond donors (Lipinski definition) is 2. The summed E-state index contributed by atoms with van der Waals surface area (Å²) in [6.45, 7) is 2.66. The Bertz CT molecular complexity index is 1330. The lowest BCUT2D eigenvalue weighted by Crippen LogP contribution is -2.04. The van der Waals surface area contributed by atoms with E-state index in [9.17, 15) is 0 Å². The quantitative estimate of drug-likeness (QED) is 0.294. The van der Waals surface area contributed by atoms with Gasteiger partial charge in [-0.25, -0.2) is 9.97 Å². The number of nitrogens with one attached hydrogen (secondary N) is 2. The van der Waals surface area contributed by atoms with Crippen LogP contribution in [0.25, 0.3) is 22.3 Å². The zero-order valence-electron chi connectivity index (χ0n) is 18.4. The summed E-state index contributed by atoms with van der Waals surface area (Å²) in [5, 5.41) is 11.9. The van der Waals surface area contributed by atoms with Crippen molar-refractivity contribution >= 4 is 22.5 Å². The first-order valence-corrected chi connectivity index (χ1v) is 11.1. The molecule has 164 valence electrons. The fraction of sp³-hybridized carbons (Fsp3) is 0.148. The number of aromatic amines is 1. The first-order chi connectivity index (χ1) is 16.3. The van der Waals surface area contributed by atoms with Crippen molar-refractivity contribution in [1.29, 1.82) is 0 Å². The molecular formula is C27H25N5O. The predicted octanol–water partition coefficient (Wildman–Crippen LogP) is 6.43. The van der Waals surface area contributed by atoms with Gasteiger partial charge in [-0.1, -0.05) is 79.7 Å². The van der Waals surface area contributed by atoms with Gasteiger partial charge in [-0.2, -0.15) is 5.10 Å². The number of hydrogen-bond acceptors (Lipinski definition) is 5. The highest BCUT2D eigenvalue weighted by atomic mass is 16.5. The lowest BCUT2D eigenvalue weighted by molar-refractivity contribution is 0.0343. The van der Waals surface area contributed by atoms with Gasteiger partial charge in [0.25, 0.3) is 0 Å². The maximum atomic E-state index is 6.15. The fourth-order valence-corrected chi connectivity index (χ4v) is 3.77. The minimum absolute atomic E-state index is 0.0738. The maximum Gasteiger partial charge on any atom is 0.162 e. The van der Waals surface area contributed by atoms with Crippen LogP contribution in [0.3, 0.4) is 0 Å². The minimum atomic E-state index is -0.0738. The Balaban J connectivity index is 1.40. The summed E-state index contributed by atoms with van der Waals surface area (Å²) >= 11 is 0. The van der Waals surface area contributed by atoms with Crippen molar-refractivity contribution in [2.24, 2.45) is 0 Å². The molecule has 5 rings (SSSR count). The Morgan fingerprint density at radius 1 is 0.879 bits per heavy atom. The second-order valence-electron chi connectivity index (χ2n) is 7.81. The smallest absolute Gasteiger partial charge is 0.162 e. The lowest BCUT2D eigenvalue weighted by atomic mass is 10.2. The number of fused-ring (bicyclic) bond motifs is 1. The van der Waals surface area contributed by atoms with E-state index in [2.05, 4.69) is 34.6 Å². The monoisotopic (exact) mass is 435 g/mol. The van der Waals surface area contributed by atoms with Gasteiger partial charge in [0.15, 0.2) is 11.6 Å². The van der Waals surface area contributed by atoms with Crippen molar-refractivity contribution in [2.45, 2.75) is 26.1 Å². The largest absolute Gasteiger partial charge is 0.367 e. The first kappa shape index (κ1) is 20.8. The number of benzene rings is 3. The number of nitrogens with zero attached hydrogens (tertiary/aromatic N) is 3. The Kier molecular flexibility index (Phi) is 6.08. The summed E-state index contributed by atoms with van der Waals surface area (Å²) in [7, 11) is 0. The third kappa shape index (κ3) is 4.76. The summed E-state index contributed by atoms with van der Waals surface area (Å²) < 4.78 is 6.15. The molecule has 1 unspecified atom stereocenters. The molecule has 3 aromatic carbocycles. The van der Waals surface area contributed by atoms with Gasteiger partial charge in [-0.3, -0.25) is 5.10 Å². The van der Waals surface area contributed by atoms with Crippen LogP contribution in [-0.4, -0.2) is 20.2 Å². The van der Waals surface area contributed by atoms with Gasteiger partial charge in [0.05, 0.1) is 23.9 Å². The number of ether oxygens (including phenoxy) is 1. The highest BCUT2D eigenvalue weighted by Crippen LogP contribution is 2.28. The van der Waals surface area contributed by atoms with Crippen molar-refractivity contribution in [3.8, 4) is 11.4 Å². The molecule has 1 atom stereocenters. The van der Waals surface area contributed by atoms with Crippen molar-refractivity contribution in [2.75, 3.05) is 5.32 Å². The van der Waals surface area contributed by atoms with E-state index in [0.717, 1.165) is 40.0 Å². The summed E-state index contributed by atoms with van der Waals surface area (Å²) in [4.78, 5) is 9.56. The molecular weight excluding hydrogens is 410 g/mol. The van der Waals surface area contributed by atoms with Crippen LogP contribution >= 0.6 is 0 Å². The summed E-state index contributed by atoms with van der Waals surface area (Å²) in [5.41, 5.74) is 3.92. The average Bonchev–Trinajstić information content (AvgIpc) is 3.34. The van der Waals surface area contributed by atoms with Gasteiger partial charge in [-0.15, -0.1) is 0 Å². The van der Waals surface area contributed by atoms with Crippen LogP contribution in [0.2, 0.25) is 0 Å². The van der Waals surface area contributed by atoms with Crippen molar-refractivity contribution in [3.63, 3.8) is 0 Å². The third-order valence-corrected chi connectivity index (χ3v) is 5.49. The van der Waals surface area contributed by atoms with E-state index in [4.69, 9.17) is 14.7 Å². The Labute approximate surface area is 192 Å². The standard InChI is InChI=1S/C27H25N5O/c1-2-24(33-18-19-11-5-3-6-12-19)23-17-25(32-31-23)29-27-21-15-9-10-16-22(21)28-26(30-27)20-13-7-4-8-14-20/h3-17,24H,2,18H2,1H3,(H2,28,29,30,31,32). The molecule has 5 aromatic rings.